The van der Waals surface area contributed by atoms with Crippen LogP contribution in [0.3, 0.4) is 0 Å². The average molecular weight is 252 g/mol. The first-order chi connectivity index (χ1) is 8.41. The van der Waals surface area contributed by atoms with Crippen LogP contribution in [0.1, 0.15) is 24.3 Å². The molecule has 0 fully saturated rings. The molecule has 18 heavy (non-hydrogen) atoms. The van der Waals surface area contributed by atoms with E-state index >= 15 is 0 Å². The highest BCUT2D eigenvalue weighted by Gasteiger charge is 2.17. The highest BCUT2D eigenvalue weighted by molar-refractivity contribution is 5.91. The number of hydrogen-bond donors (Lipinski definition) is 2. The van der Waals surface area contributed by atoms with E-state index in [0.717, 1.165) is 6.20 Å². The van der Waals surface area contributed by atoms with Gasteiger partial charge < -0.3 is 15.2 Å². The molecule has 6 heteroatoms. The van der Waals surface area contributed by atoms with Crippen molar-refractivity contribution >= 4 is 5.91 Å². The summed E-state index contributed by atoms with van der Waals surface area (Å²) >= 11 is 0. The average Bonchev–Trinajstić information content (AvgIpc) is 2.28. The first-order valence-electron chi connectivity index (χ1n) is 5.91. The summed E-state index contributed by atoms with van der Waals surface area (Å²) in [5, 5.41) is 2.82. The topological polar surface area (TPSA) is 78.1 Å². The second-order valence-electron chi connectivity index (χ2n) is 4.78. The third-order valence-corrected chi connectivity index (χ3v) is 2.81. The van der Waals surface area contributed by atoms with E-state index in [2.05, 4.69) is 34.0 Å². The predicted molar refractivity (Wildman–Crippen MR) is 69.5 cm³/mol. The van der Waals surface area contributed by atoms with Gasteiger partial charge in [-0.15, -0.1) is 0 Å². The van der Waals surface area contributed by atoms with Crippen molar-refractivity contribution in [1.29, 1.82) is 0 Å². The molecule has 1 unspecified atom stereocenters. The maximum atomic E-state index is 11.8. The summed E-state index contributed by atoms with van der Waals surface area (Å²) in [7, 11) is 3.96. The molecule has 2 N–H and O–H groups in total. The van der Waals surface area contributed by atoms with Crippen LogP contribution in [0.4, 0.5) is 0 Å². The number of rotatable bonds is 5. The number of carbonyl (C=O) groups excluding carboxylic acids is 1. The molecule has 1 rings (SSSR count). The van der Waals surface area contributed by atoms with Crippen LogP contribution in [0, 0.1) is 5.92 Å². The molecule has 0 aromatic carbocycles. The van der Waals surface area contributed by atoms with Crippen molar-refractivity contribution in [3.05, 3.63) is 28.4 Å². The van der Waals surface area contributed by atoms with Gasteiger partial charge in [-0.2, -0.15) is 0 Å². The number of carbonyl (C=O) groups is 1. The molecule has 1 heterocycles. The van der Waals surface area contributed by atoms with Crippen molar-refractivity contribution in [2.45, 2.75) is 19.9 Å². The smallest absolute Gasteiger partial charge is 0.271 e. The number of likely N-dealkylation sites (N-methyl/N-ethyl adjacent to an activating group) is 1. The lowest BCUT2D eigenvalue weighted by atomic mass is 10.0. The first kappa shape index (κ1) is 14.4. The second-order valence-corrected chi connectivity index (χ2v) is 4.78. The van der Waals surface area contributed by atoms with E-state index in [0.29, 0.717) is 12.5 Å². The number of nitrogens with zero attached hydrogens (tertiary/aromatic N) is 2. The zero-order valence-electron chi connectivity index (χ0n) is 11.2. The number of hydrogen-bond acceptors (Lipinski definition) is 4. The zero-order valence-corrected chi connectivity index (χ0v) is 11.2. The Morgan fingerprint density at radius 1 is 1.50 bits per heavy atom. The summed E-state index contributed by atoms with van der Waals surface area (Å²) < 4.78 is 0. The van der Waals surface area contributed by atoms with Crippen LogP contribution in [-0.4, -0.2) is 47.5 Å². The van der Waals surface area contributed by atoms with E-state index in [1.165, 1.54) is 6.20 Å². The molecule has 1 amide bonds. The van der Waals surface area contributed by atoms with Gasteiger partial charge in [0.25, 0.3) is 11.5 Å². The Bertz CT molecular complexity index is 425. The fraction of sp³-hybridized carbons (Fsp3) is 0.583. The van der Waals surface area contributed by atoms with Gasteiger partial charge in [-0.1, -0.05) is 13.8 Å². The number of amides is 1. The van der Waals surface area contributed by atoms with Crippen molar-refractivity contribution in [3.63, 3.8) is 0 Å². The molecule has 0 spiro atoms. The van der Waals surface area contributed by atoms with Crippen LogP contribution in [0.15, 0.2) is 17.2 Å². The number of aromatic nitrogens is 2. The lowest BCUT2D eigenvalue weighted by Gasteiger charge is -2.27. The highest BCUT2D eigenvalue weighted by atomic mass is 16.2. The SMILES string of the molecule is CC(C)C(CNC(=O)c1c[nH]c(=O)cn1)N(C)C. The molecule has 0 bridgehead atoms. The van der Waals surface area contributed by atoms with Gasteiger partial charge >= 0.3 is 0 Å². The van der Waals surface area contributed by atoms with Crippen LogP contribution in [0.5, 0.6) is 0 Å². The van der Waals surface area contributed by atoms with E-state index in [4.69, 9.17) is 0 Å². The molecule has 0 aliphatic heterocycles. The van der Waals surface area contributed by atoms with Crippen LogP contribution < -0.4 is 10.9 Å². The van der Waals surface area contributed by atoms with Gasteiger partial charge in [-0.05, 0) is 20.0 Å². The molecule has 1 aromatic rings. The van der Waals surface area contributed by atoms with Gasteiger partial charge in [0.05, 0.1) is 6.20 Å². The fourth-order valence-electron chi connectivity index (χ4n) is 1.77. The van der Waals surface area contributed by atoms with Gasteiger partial charge in [-0.3, -0.25) is 9.59 Å². The first-order valence-corrected chi connectivity index (χ1v) is 5.91. The quantitative estimate of drug-likeness (QED) is 0.778. The molecule has 0 saturated heterocycles. The Morgan fingerprint density at radius 3 is 2.61 bits per heavy atom. The Kier molecular flexibility index (Phi) is 5.03. The van der Waals surface area contributed by atoms with Crippen LogP contribution in [0.2, 0.25) is 0 Å². The zero-order chi connectivity index (χ0) is 13.7. The van der Waals surface area contributed by atoms with Crippen LogP contribution in [-0.2, 0) is 0 Å². The minimum atomic E-state index is -0.320. The molecule has 0 aliphatic rings. The molecular formula is C12H20N4O2. The van der Waals surface area contributed by atoms with Gasteiger partial charge in [0.2, 0.25) is 0 Å². The molecule has 1 aromatic heterocycles. The molecule has 1 atom stereocenters. The highest BCUT2D eigenvalue weighted by Crippen LogP contribution is 2.06. The van der Waals surface area contributed by atoms with Crippen molar-refractivity contribution < 1.29 is 4.79 Å². The van der Waals surface area contributed by atoms with Gasteiger partial charge in [0, 0.05) is 18.8 Å². The fourth-order valence-corrected chi connectivity index (χ4v) is 1.77. The minimum Gasteiger partial charge on any atom is -0.349 e. The maximum absolute atomic E-state index is 11.8. The van der Waals surface area contributed by atoms with Gasteiger partial charge in [0.1, 0.15) is 5.69 Å². The summed E-state index contributed by atoms with van der Waals surface area (Å²) in [6.07, 6.45) is 2.42. The Balaban J connectivity index is 2.60. The predicted octanol–water partition coefficient (Wildman–Crippen LogP) is 0.0859. The lowest BCUT2D eigenvalue weighted by Crippen LogP contribution is -2.43. The molecule has 100 valence electrons. The normalized spacial score (nSPS) is 12.8. The third-order valence-electron chi connectivity index (χ3n) is 2.81. The summed E-state index contributed by atoms with van der Waals surface area (Å²) in [5.41, 5.74) is -0.101. The Morgan fingerprint density at radius 2 is 2.17 bits per heavy atom. The molecular weight excluding hydrogens is 232 g/mol. The van der Waals surface area contributed by atoms with Gasteiger partial charge in [0.15, 0.2) is 0 Å². The molecule has 6 nitrogen and oxygen atoms in total. The summed E-state index contributed by atoms with van der Waals surface area (Å²) in [6, 6.07) is 0.261. The second kappa shape index (κ2) is 6.30. The summed E-state index contributed by atoms with van der Waals surface area (Å²) in [4.78, 5) is 30.9. The molecule has 0 radical (unpaired) electrons. The third kappa shape index (κ3) is 3.96. The maximum Gasteiger partial charge on any atom is 0.271 e. The number of H-pyrrole nitrogens is 1. The van der Waals surface area contributed by atoms with E-state index < -0.39 is 0 Å². The van der Waals surface area contributed by atoms with E-state index in [-0.39, 0.29) is 23.2 Å². The van der Waals surface area contributed by atoms with E-state index in [9.17, 15) is 9.59 Å². The van der Waals surface area contributed by atoms with Crippen LogP contribution in [0.25, 0.3) is 0 Å². The Hall–Kier alpha value is -1.69. The monoisotopic (exact) mass is 252 g/mol. The number of aromatic amines is 1. The number of nitrogens with one attached hydrogen (secondary N) is 2. The minimum absolute atomic E-state index is 0.218. The molecule has 0 saturated carbocycles. The van der Waals surface area contributed by atoms with E-state index in [1.54, 1.807) is 0 Å². The summed E-state index contributed by atoms with van der Waals surface area (Å²) in [6.45, 7) is 4.76. The lowest BCUT2D eigenvalue weighted by molar-refractivity contribution is 0.0929. The summed E-state index contributed by atoms with van der Waals surface area (Å²) in [5.74, 6) is 0.155. The van der Waals surface area contributed by atoms with Crippen molar-refractivity contribution in [2.24, 2.45) is 5.92 Å². The van der Waals surface area contributed by atoms with Crippen molar-refractivity contribution in [3.8, 4) is 0 Å². The van der Waals surface area contributed by atoms with E-state index in [1.807, 2.05) is 14.1 Å². The van der Waals surface area contributed by atoms with Crippen molar-refractivity contribution in [1.82, 2.24) is 20.2 Å². The standard InChI is InChI=1S/C12H20N4O2/c1-8(2)10(16(3)4)6-15-12(18)9-5-14-11(17)7-13-9/h5,7-8,10H,6H2,1-4H3,(H,14,17)(H,15,18). The Labute approximate surface area is 106 Å². The van der Waals surface area contributed by atoms with Crippen molar-refractivity contribution in [2.75, 3.05) is 20.6 Å². The molecule has 0 aliphatic carbocycles. The van der Waals surface area contributed by atoms with Crippen LogP contribution >= 0.6 is 0 Å². The van der Waals surface area contributed by atoms with Gasteiger partial charge in [-0.25, -0.2) is 4.98 Å². The largest absolute Gasteiger partial charge is 0.349 e.